The van der Waals surface area contributed by atoms with Gasteiger partial charge < -0.3 is 19.6 Å². The van der Waals surface area contributed by atoms with Gasteiger partial charge in [-0.25, -0.2) is 9.78 Å². The fraction of sp³-hybridized carbons (Fsp3) is 0.650. The second-order valence-electron chi connectivity index (χ2n) is 7.89. The van der Waals surface area contributed by atoms with Gasteiger partial charge in [-0.15, -0.1) is 0 Å². The number of rotatable bonds is 2. The summed E-state index contributed by atoms with van der Waals surface area (Å²) < 4.78 is 0. The lowest BCUT2D eigenvalue weighted by atomic mass is 9.95. The summed E-state index contributed by atoms with van der Waals surface area (Å²) in [5.41, 5.74) is 0. The standard InChI is InChI=1S/C20H28ClN5O2/c21-17-3-4-18(22-15-17)23-11-13-24(14-12-23)19(27)16-5-9-26(10-6-16)20(28)25-7-1-2-8-25/h3-4,15-16H,1-2,5-14H2. The van der Waals surface area contributed by atoms with Crippen LogP contribution in [0.3, 0.4) is 0 Å². The van der Waals surface area contributed by atoms with E-state index in [1.54, 1.807) is 6.20 Å². The van der Waals surface area contributed by atoms with Crippen LogP contribution < -0.4 is 4.90 Å². The third-order valence-electron chi connectivity index (χ3n) is 6.12. The maximum Gasteiger partial charge on any atom is 0.319 e. The third kappa shape index (κ3) is 4.19. The van der Waals surface area contributed by atoms with Gasteiger partial charge in [0.2, 0.25) is 5.91 Å². The van der Waals surface area contributed by atoms with Crippen LogP contribution in [0.5, 0.6) is 0 Å². The average Bonchev–Trinajstić information content (AvgIpc) is 3.28. The number of anilines is 1. The summed E-state index contributed by atoms with van der Waals surface area (Å²) in [4.78, 5) is 37.9. The van der Waals surface area contributed by atoms with E-state index in [-0.39, 0.29) is 17.9 Å². The molecule has 0 spiro atoms. The van der Waals surface area contributed by atoms with Gasteiger partial charge in [-0.05, 0) is 37.8 Å². The number of likely N-dealkylation sites (tertiary alicyclic amines) is 2. The molecule has 4 rings (SSSR count). The molecular formula is C20H28ClN5O2. The maximum atomic E-state index is 12.9. The zero-order chi connectivity index (χ0) is 19.5. The fourth-order valence-corrected chi connectivity index (χ4v) is 4.51. The lowest BCUT2D eigenvalue weighted by Gasteiger charge is -2.39. The second-order valence-corrected chi connectivity index (χ2v) is 8.32. The van der Waals surface area contributed by atoms with Crippen LogP contribution in [0.4, 0.5) is 10.6 Å². The highest BCUT2D eigenvalue weighted by atomic mass is 35.5. The zero-order valence-electron chi connectivity index (χ0n) is 16.2. The highest BCUT2D eigenvalue weighted by molar-refractivity contribution is 6.30. The first-order chi connectivity index (χ1) is 13.6. The Bertz CT molecular complexity index is 691. The number of amides is 3. The lowest BCUT2D eigenvalue weighted by molar-refractivity contribution is -0.137. The van der Waals surface area contributed by atoms with Crippen LogP contribution in [-0.4, -0.2) is 84.0 Å². The van der Waals surface area contributed by atoms with Crippen molar-refractivity contribution in [3.63, 3.8) is 0 Å². The number of urea groups is 1. The summed E-state index contributed by atoms with van der Waals surface area (Å²) in [6, 6.07) is 3.93. The van der Waals surface area contributed by atoms with Gasteiger partial charge in [0, 0.05) is 64.5 Å². The predicted octanol–water partition coefficient (Wildman–Crippen LogP) is 2.31. The van der Waals surface area contributed by atoms with E-state index in [1.807, 2.05) is 26.8 Å². The van der Waals surface area contributed by atoms with Crippen molar-refractivity contribution in [2.45, 2.75) is 25.7 Å². The Labute approximate surface area is 171 Å². The minimum Gasteiger partial charge on any atom is -0.353 e. The number of hydrogen-bond acceptors (Lipinski definition) is 4. The van der Waals surface area contributed by atoms with Gasteiger partial charge in [0.15, 0.2) is 0 Å². The largest absolute Gasteiger partial charge is 0.353 e. The molecule has 0 bridgehead atoms. The molecule has 3 amide bonds. The van der Waals surface area contributed by atoms with Gasteiger partial charge in [-0.2, -0.15) is 0 Å². The van der Waals surface area contributed by atoms with E-state index in [4.69, 9.17) is 11.6 Å². The molecule has 0 unspecified atom stereocenters. The Morgan fingerprint density at radius 1 is 0.857 bits per heavy atom. The average molecular weight is 406 g/mol. The van der Waals surface area contributed by atoms with Crippen LogP contribution in [-0.2, 0) is 4.79 Å². The van der Waals surface area contributed by atoms with Gasteiger partial charge in [0.1, 0.15) is 5.82 Å². The number of piperazine rings is 1. The Hall–Kier alpha value is -2.02. The molecule has 1 aromatic heterocycles. The van der Waals surface area contributed by atoms with E-state index < -0.39 is 0 Å². The monoisotopic (exact) mass is 405 g/mol. The first-order valence-electron chi connectivity index (χ1n) is 10.3. The van der Waals surface area contributed by atoms with Crippen molar-refractivity contribution in [2.75, 3.05) is 57.3 Å². The summed E-state index contributed by atoms with van der Waals surface area (Å²) in [5.74, 6) is 1.20. The molecule has 0 aliphatic carbocycles. The minimum absolute atomic E-state index is 0.0443. The summed E-state index contributed by atoms with van der Waals surface area (Å²) >= 11 is 5.91. The summed E-state index contributed by atoms with van der Waals surface area (Å²) in [7, 11) is 0. The number of aromatic nitrogens is 1. The van der Waals surface area contributed by atoms with Crippen LogP contribution in [0.1, 0.15) is 25.7 Å². The van der Waals surface area contributed by atoms with Crippen molar-refractivity contribution >= 4 is 29.4 Å². The van der Waals surface area contributed by atoms with Crippen molar-refractivity contribution < 1.29 is 9.59 Å². The molecule has 0 saturated carbocycles. The van der Waals surface area contributed by atoms with E-state index >= 15 is 0 Å². The Kier molecular flexibility index (Phi) is 5.90. The minimum atomic E-state index is 0.0443. The van der Waals surface area contributed by atoms with Crippen molar-refractivity contribution in [1.29, 1.82) is 0 Å². The molecule has 0 atom stereocenters. The van der Waals surface area contributed by atoms with Crippen LogP contribution in [0.2, 0.25) is 5.02 Å². The summed E-state index contributed by atoms with van der Waals surface area (Å²) in [6.45, 7) is 6.15. The van der Waals surface area contributed by atoms with Crippen molar-refractivity contribution in [1.82, 2.24) is 19.7 Å². The molecule has 0 radical (unpaired) electrons. The number of carbonyl (C=O) groups excluding carboxylic acids is 2. The van der Waals surface area contributed by atoms with E-state index in [0.29, 0.717) is 18.1 Å². The van der Waals surface area contributed by atoms with Crippen LogP contribution in [0, 0.1) is 5.92 Å². The zero-order valence-corrected chi connectivity index (χ0v) is 17.0. The smallest absolute Gasteiger partial charge is 0.319 e. The molecule has 3 aliphatic rings. The highest BCUT2D eigenvalue weighted by Gasteiger charge is 2.33. The molecule has 7 nitrogen and oxygen atoms in total. The quantitative estimate of drug-likeness (QED) is 0.757. The van der Waals surface area contributed by atoms with Crippen molar-refractivity contribution in [3.05, 3.63) is 23.4 Å². The van der Waals surface area contributed by atoms with Gasteiger partial charge in [-0.3, -0.25) is 4.79 Å². The second kappa shape index (κ2) is 8.55. The van der Waals surface area contributed by atoms with Crippen LogP contribution in [0.15, 0.2) is 18.3 Å². The number of pyridine rings is 1. The van der Waals surface area contributed by atoms with Crippen molar-refractivity contribution in [2.24, 2.45) is 5.92 Å². The molecule has 28 heavy (non-hydrogen) atoms. The molecule has 0 aromatic carbocycles. The fourth-order valence-electron chi connectivity index (χ4n) is 4.40. The predicted molar refractivity (Wildman–Crippen MR) is 109 cm³/mol. The normalized spacial score (nSPS) is 21.3. The lowest BCUT2D eigenvalue weighted by Crippen LogP contribution is -2.52. The van der Waals surface area contributed by atoms with Gasteiger partial charge in [-0.1, -0.05) is 11.6 Å². The first-order valence-corrected chi connectivity index (χ1v) is 10.7. The summed E-state index contributed by atoms with van der Waals surface area (Å²) in [6.07, 6.45) is 5.43. The molecule has 3 saturated heterocycles. The number of piperidine rings is 1. The molecular weight excluding hydrogens is 378 g/mol. The van der Waals surface area contributed by atoms with Gasteiger partial charge in [0.25, 0.3) is 0 Å². The van der Waals surface area contributed by atoms with Crippen molar-refractivity contribution in [3.8, 4) is 0 Å². The molecule has 0 N–H and O–H groups in total. The van der Waals surface area contributed by atoms with E-state index in [0.717, 1.165) is 70.8 Å². The Morgan fingerprint density at radius 2 is 1.50 bits per heavy atom. The third-order valence-corrected chi connectivity index (χ3v) is 6.34. The molecule has 3 fully saturated rings. The number of halogens is 1. The summed E-state index contributed by atoms with van der Waals surface area (Å²) in [5, 5.41) is 0.632. The SMILES string of the molecule is O=C(C1CCN(C(=O)N2CCCC2)CC1)N1CCN(c2ccc(Cl)cn2)CC1. The maximum absolute atomic E-state index is 12.9. The first kappa shape index (κ1) is 19.3. The topological polar surface area (TPSA) is 60.0 Å². The highest BCUT2D eigenvalue weighted by Crippen LogP contribution is 2.23. The Balaban J connectivity index is 1.24. The molecule has 4 heterocycles. The molecule has 8 heteroatoms. The number of carbonyl (C=O) groups is 2. The molecule has 3 aliphatic heterocycles. The van der Waals surface area contributed by atoms with Crippen LogP contribution in [0.25, 0.3) is 0 Å². The number of nitrogens with zero attached hydrogens (tertiary/aromatic N) is 5. The van der Waals surface area contributed by atoms with Gasteiger partial charge >= 0.3 is 6.03 Å². The van der Waals surface area contributed by atoms with E-state index in [1.165, 1.54) is 0 Å². The molecule has 1 aromatic rings. The van der Waals surface area contributed by atoms with E-state index in [2.05, 4.69) is 9.88 Å². The Morgan fingerprint density at radius 3 is 2.11 bits per heavy atom. The van der Waals surface area contributed by atoms with Gasteiger partial charge in [0.05, 0.1) is 5.02 Å². The van der Waals surface area contributed by atoms with Crippen LogP contribution >= 0.6 is 11.6 Å². The molecule has 152 valence electrons. The number of hydrogen-bond donors (Lipinski definition) is 0. The van der Waals surface area contributed by atoms with E-state index in [9.17, 15) is 9.59 Å².